The van der Waals surface area contributed by atoms with E-state index in [1.54, 1.807) is 37.3 Å². The van der Waals surface area contributed by atoms with Crippen molar-refractivity contribution >= 4 is 16.9 Å². The number of rotatable bonds is 6. The Morgan fingerprint density at radius 3 is 2.31 bits per heavy atom. The summed E-state index contributed by atoms with van der Waals surface area (Å²) in [7, 11) is 0. The van der Waals surface area contributed by atoms with Gasteiger partial charge >= 0.3 is 5.97 Å². The highest BCUT2D eigenvalue weighted by Crippen LogP contribution is 2.42. The van der Waals surface area contributed by atoms with Crippen molar-refractivity contribution in [3.63, 3.8) is 0 Å². The van der Waals surface area contributed by atoms with Gasteiger partial charge in [-0.05, 0) is 86.9 Å². The van der Waals surface area contributed by atoms with E-state index in [2.05, 4.69) is 4.90 Å². The molecule has 1 aliphatic heterocycles. The largest absolute Gasteiger partial charge is 0.508 e. The summed E-state index contributed by atoms with van der Waals surface area (Å²) in [6, 6.07) is 20.3. The molecule has 1 aromatic heterocycles. The SMILES string of the molecule is CCOC(=O)c1c(-c2ccc(O)cc2)n(-c2ccccc2)c2ccc(O)c(CN3CCCCC3)c12. The van der Waals surface area contributed by atoms with Crippen molar-refractivity contribution in [2.75, 3.05) is 19.7 Å². The van der Waals surface area contributed by atoms with Crippen LogP contribution >= 0.6 is 0 Å². The normalized spacial score (nSPS) is 14.3. The Balaban J connectivity index is 1.86. The number of piperidine rings is 1. The zero-order valence-corrected chi connectivity index (χ0v) is 19.9. The number of aromatic nitrogens is 1. The van der Waals surface area contributed by atoms with E-state index in [4.69, 9.17) is 4.74 Å². The molecule has 0 unspecified atom stereocenters. The molecule has 0 spiro atoms. The van der Waals surface area contributed by atoms with E-state index in [0.717, 1.165) is 48.3 Å². The summed E-state index contributed by atoms with van der Waals surface area (Å²) in [6.07, 6.45) is 3.48. The monoisotopic (exact) mass is 470 g/mol. The van der Waals surface area contributed by atoms with Crippen LogP contribution in [0, 0.1) is 0 Å². The number of para-hydroxylation sites is 1. The van der Waals surface area contributed by atoms with E-state index in [0.29, 0.717) is 23.2 Å². The van der Waals surface area contributed by atoms with Gasteiger partial charge in [-0.25, -0.2) is 4.79 Å². The van der Waals surface area contributed by atoms with E-state index in [1.807, 2.05) is 41.0 Å². The van der Waals surface area contributed by atoms with Crippen molar-refractivity contribution < 1.29 is 19.7 Å². The van der Waals surface area contributed by atoms with Gasteiger partial charge < -0.3 is 19.5 Å². The van der Waals surface area contributed by atoms with E-state index in [-0.39, 0.29) is 18.1 Å². The maximum atomic E-state index is 13.5. The Labute approximate surface area is 205 Å². The number of carbonyl (C=O) groups excluding carboxylic acids is 1. The molecular formula is C29H30N2O4. The second kappa shape index (κ2) is 9.84. The van der Waals surface area contributed by atoms with E-state index >= 15 is 0 Å². The van der Waals surface area contributed by atoms with Crippen LogP contribution in [-0.2, 0) is 11.3 Å². The molecule has 180 valence electrons. The second-order valence-corrected chi connectivity index (χ2v) is 8.96. The standard InChI is InChI=1S/C29H30N2O4/c1-2-35-29(34)27-26-23(19-30-17-7-4-8-18-30)25(33)16-15-24(26)31(21-9-5-3-6-10-21)28(27)20-11-13-22(32)14-12-20/h3,5-6,9-16,32-33H,2,4,7-8,17-19H2,1H3. The molecule has 6 heteroatoms. The van der Waals surface area contributed by atoms with Crippen molar-refractivity contribution in [2.24, 2.45) is 0 Å². The van der Waals surface area contributed by atoms with Gasteiger partial charge in [0.2, 0.25) is 0 Å². The van der Waals surface area contributed by atoms with Crippen LogP contribution in [0.25, 0.3) is 27.8 Å². The van der Waals surface area contributed by atoms with Gasteiger partial charge in [-0.15, -0.1) is 0 Å². The van der Waals surface area contributed by atoms with Crippen LogP contribution in [0.1, 0.15) is 42.1 Å². The molecule has 5 rings (SSSR count). The summed E-state index contributed by atoms with van der Waals surface area (Å²) in [4.78, 5) is 15.9. The van der Waals surface area contributed by atoms with Gasteiger partial charge in [-0.3, -0.25) is 4.90 Å². The Morgan fingerprint density at radius 1 is 0.914 bits per heavy atom. The minimum atomic E-state index is -0.430. The third kappa shape index (κ3) is 4.37. The molecule has 0 saturated carbocycles. The lowest BCUT2D eigenvalue weighted by molar-refractivity contribution is 0.0529. The number of ether oxygens (including phenoxy) is 1. The first-order valence-corrected chi connectivity index (χ1v) is 12.2. The zero-order chi connectivity index (χ0) is 24.4. The van der Waals surface area contributed by atoms with Gasteiger partial charge in [0.05, 0.1) is 23.4 Å². The Kier molecular flexibility index (Phi) is 6.47. The molecule has 2 heterocycles. The molecule has 1 fully saturated rings. The summed E-state index contributed by atoms with van der Waals surface area (Å²) in [5.74, 6) is -0.103. The van der Waals surface area contributed by atoms with Crippen molar-refractivity contribution in [3.8, 4) is 28.4 Å². The topological polar surface area (TPSA) is 74.9 Å². The smallest absolute Gasteiger partial charge is 0.340 e. The molecule has 0 radical (unpaired) electrons. The summed E-state index contributed by atoms with van der Waals surface area (Å²) < 4.78 is 7.61. The van der Waals surface area contributed by atoms with Gasteiger partial charge in [0.25, 0.3) is 0 Å². The first-order valence-electron chi connectivity index (χ1n) is 12.2. The summed E-state index contributed by atoms with van der Waals surface area (Å²) in [6.45, 7) is 4.53. The molecule has 3 aromatic carbocycles. The molecule has 4 aromatic rings. The van der Waals surface area contributed by atoms with Crippen LogP contribution < -0.4 is 0 Å². The lowest BCUT2D eigenvalue weighted by Gasteiger charge is -2.27. The number of aromatic hydroxyl groups is 2. The fourth-order valence-corrected chi connectivity index (χ4v) is 5.08. The second-order valence-electron chi connectivity index (χ2n) is 8.96. The number of nitrogens with zero attached hydrogens (tertiary/aromatic N) is 2. The minimum absolute atomic E-state index is 0.150. The first-order chi connectivity index (χ1) is 17.1. The van der Waals surface area contributed by atoms with Gasteiger partial charge in [0, 0.05) is 23.2 Å². The third-order valence-electron chi connectivity index (χ3n) is 6.68. The van der Waals surface area contributed by atoms with Crippen LogP contribution in [0.4, 0.5) is 0 Å². The van der Waals surface area contributed by atoms with E-state index < -0.39 is 5.97 Å². The van der Waals surface area contributed by atoms with Crippen molar-refractivity contribution in [3.05, 3.63) is 77.9 Å². The third-order valence-corrected chi connectivity index (χ3v) is 6.68. The number of hydrogen-bond acceptors (Lipinski definition) is 5. The minimum Gasteiger partial charge on any atom is -0.508 e. The van der Waals surface area contributed by atoms with E-state index in [1.165, 1.54) is 6.42 Å². The molecule has 0 amide bonds. The molecule has 35 heavy (non-hydrogen) atoms. The molecule has 1 aliphatic rings. The van der Waals surface area contributed by atoms with Crippen LogP contribution in [0.15, 0.2) is 66.7 Å². The quantitative estimate of drug-likeness (QED) is 0.345. The number of phenolic OH excluding ortho intramolecular Hbond substituents is 2. The highest BCUT2D eigenvalue weighted by atomic mass is 16.5. The van der Waals surface area contributed by atoms with Crippen LogP contribution in [0.5, 0.6) is 11.5 Å². The van der Waals surface area contributed by atoms with Crippen LogP contribution in [0.3, 0.4) is 0 Å². The van der Waals surface area contributed by atoms with Crippen molar-refractivity contribution in [1.82, 2.24) is 9.47 Å². The zero-order valence-electron chi connectivity index (χ0n) is 19.9. The average molecular weight is 471 g/mol. The predicted molar refractivity (Wildman–Crippen MR) is 137 cm³/mol. The summed E-state index contributed by atoms with van der Waals surface area (Å²) in [5.41, 5.74) is 4.34. The van der Waals surface area contributed by atoms with Gasteiger partial charge in [-0.1, -0.05) is 24.6 Å². The molecule has 6 nitrogen and oxygen atoms in total. The first kappa shape index (κ1) is 23.0. The summed E-state index contributed by atoms with van der Waals surface area (Å²) >= 11 is 0. The number of likely N-dealkylation sites (tertiary alicyclic amines) is 1. The molecule has 0 aliphatic carbocycles. The molecular weight excluding hydrogens is 440 g/mol. The molecule has 0 atom stereocenters. The highest BCUT2D eigenvalue weighted by molar-refractivity contribution is 6.13. The maximum absolute atomic E-state index is 13.5. The van der Waals surface area contributed by atoms with Gasteiger partial charge in [0.1, 0.15) is 11.5 Å². The van der Waals surface area contributed by atoms with Crippen molar-refractivity contribution in [1.29, 1.82) is 0 Å². The van der Waals surface area contributed by atoms with Crippen LogP contribution in [-0.4, -0.2) is 45.3 Å². The summed E-state index contributed by atoms with van der Waals surface area (Å²) in [5, 5.41) is 21.7. The number of benzene rings is 3. The number of esters is 1. The van der Waals surface area contributed by atoms with Crippen LogP contribution in [0.2, 0.25) is 0 Å². The maximum Gasteiger partial charge on any atom is 0.340 e. The van der Waals surface area contributed by atoms with Crippen molar-refractivity contribution in [2.45, 2.75) is 32.7 Å². The number of carbonyl (C=O) groups is 1. The Hall–Kier alpha value is -3.77. The average Bonchev–Trinajstić information content (AvgIpc) is 3.23. The lowest BCUT2D eigenvalue weighted by Crippen LogP contribution is -2.29. The molecule has 1 saturated heterocycles. The van der Waals surface area contributed by atoms with Gasteiger partial charge in [-0.2, -0.15) is 0 Å². The number of phenols is 2. The fraction of sp³-hybridized carbons (Fsp3) is 0.276. The molecule has 0 bridgehead atoms. The number of fused-ring (bicyclic) bond motifs is 1. The lowest BCUT2D eigenvalue weighted by atomic mass is 9.99. The highest BCUT2D eigenvalue weighted by Gasteiger charge is 2.29. The Bertz CT molecular complexity index is 1340. The molecule has 2 N–H and O–H groups in total. The number of hydrogen-bond donors (Lipinski definition) is 2. The predicted octanol–water partition coefficient (Wildman–Crippen LogP) is 5.87. The van der Waals surface area contributed by atoms with Gasteiger partial charge in [0.15, 0.2) is 0 Å². The Morgan fingerprint density at radius 2 is 1.63 bits per heavy atom. The fourth-order valence-electron chi connectivity index (χ4n) is 5.08. The van der Waals surface area contributed by atoms with E-state index in [9.17, 15) is 15.0 Å².